The molecule has 0 amide bonds. The van der Waals surface area contributed by atoms with Crippen LogP contribution in [0.2, 0.25) is 6.55 Å². The fourth-order valence-electron chi connectivity index (χ4n) is 0.880. The van der Waals surface area contributed by atoms with E-state index in [4.69, 9.17) is 13.3 Å². The van der Waals surface area contributed by atoms with E-state index in [0.29, 0.717) is 25.6 Å². The molecule has 0 spiro atoms. The Morgan fingerprint density at radius 1 is 1.08 bits per heavy atom. The first-order valence-electron chi connectivity index (χ1n) is 4.21. The number of thiol groups is 1. The number of rotatable bonds is 7. The molecule has 0 N–H and O–H groups in total. The first kappa shape index (κ1) is 12.4. The topological polar surface area (TPSA) is 27.7 Å². The van der Waals surface area contributed by atoms with Crippen molar-refractivity contribution in [1.29, 1.82) is 0 Å². The third kappa shape index (κ3) is 5.16. The molecule has 5 heteroatoms. The van der Waals surface area contributed by atoms with E-state index in [1.807, 2.05) is 20.4 Å². The van der Waals surface area contributed by atoms with Crippen LogP contribution in [0.15, 0.2) is 0 Å². The van der Waals surface area contributed by atoms with Crippen LogP contribution in [0.3, 0.4) is 0 Å². The molecule has 0 atom stereocenters. The molecule has 74 valence electrons. The molecule has 0 aliphatic heterocycles. The van der Waals surface area contributed by atoms with Gasteiger partial charge < -0.3 is 13.3 Å². The van der Waals surface area contributed by atoms with E-state index in [2.05, 4.69) is 12.6 Å². The molecule has 0 aliphatic carbocycles. The van der Waals surface area contributed by atoms with Crippen molar-refractivity contribution in [3.8, 4) is 0 Å². The summed E-state index contributed by atoms with van der Waals surface area (Å²) in [5.74, 6) is 0.697. The number of hydrogen-bond acceptors (Lipinski definition) is 4. The molecule has 0 aromatic rings. The highest BCUT2D eigenvalue weighted by Crippen LogP contribution is 2.08. The highest BCUT2D eigenvalue weighted by molar-refractivity contribution is 7.80. The van der Waals surface area contributed by atoms with Crippen molar-refractivity contribution in [2.75, 3.05) is 25.6 Å². The zero-order valence-electron chi connectivity index (χ0n) is 8.00. The van der Waals surface area contributed by atoms with E-state index in [9.17, 15) is 0 Å². The Labute approximate surface area is 81.2 Å². The van der Waals surface area contributed by atoms with Gasteiger partial charge in [-0.15, -0.1) is 0 Å². The van der Waals surface area contributed by atoms with Gasteiger partial charge in [-0.3, -0.25) is 0 Å². The molecule has 0 heterocycles. The van der Waals surface area contributed by atoms with E-state index in [1.54, 1.807) is 0 Å². The Morgan fingerprint density at radius 3 is 1.92 bits per heavy atom. The highest BCUT2D eigenvalue weighted by Gasteiger charge is 2.33. The summed E-state index contributed by atoms with van der Waals surface area (Å²) >= 11 is 4.05. The zero-order chi connectivity index (χ0) is 9.45. The van der Waals surface area contributed by atoms with Gasteiger partial charge in [0.15, 0.2) is 0 Å². The van der Waals surface area contributed by atoms with Crippen LogP contribution in [0.4, 0.5) is 0 Å². The first-order valence-corrected chi connectivity index (χ1v) is 7.07. The van der Waals surface area contributed by atoms with E-state index >= 15 is 0 Å². The molecule has 0 radical (unpaired) electrons. The SMILES string of the molecule is CCO[Si](C)(OCC)OCCS. The Balaban J connectivity index is 3.80. The van der Waals surface area contributed by atoms with Crippen LogP contribution in [-0.2, 0) is 13.3 Å². The molecule has 0 unspecified atom stereocenters. The molecule has 0 bridgehead atoms. The van der Waals surface area contributed by atoms with Gasteiger partial charge in [0.2, 0.25) is 0 Å². The summed E-state index contributed by atoms with van der Waals surface area (Å²) in [5, 5.41) is 0. The summed E-state index contributed by atoms with van der Waals surface area (Å²) in [6, 6.07) is 0. The molecule has 0 aromatic carbocycles. The average molecular weight is 210 g/mol. The largest absolute Gasteiger partial charge is 0.497 e. The molecular formula is C7H18O3SSi. The molecule has 12 heavy (non-hydrogen) atoms. The minimum absolute atomic E-state index is 0.589. The third-order valence-electron chi connectivity index (χ3n) is 1.27. The Hall–Kier alpha value is 0.447. The predicted octanol–water partition coefficient (Wildman–Crippen LogP) is 1.57. The lowest BCUT2D eigenvalue weighted by Crippen LogP contribution is -2.43. The second-order valence-corrected chi connectivity index (χ2v) is 5.34. The minimum atomic E-state index is -2.32. The van der Waals surface area contributed by atoms with Gasteiger partial charge in [-0.25, -0.2) is 0 Å². The van der Waals surface area contributed by atoms with E-state index < -0.39 is 8.80 Å². The predicted molar refractivity (Wildman–Crippen MR) is 54.7 cm³/mol. The van der Waals surface area contributed by atoms with Crippen LogP contribution in [0.5, 0.6) is 0 Å². The van der Waals surface area contributed by atoms with Crippen molar-refractivity contribution in [3.05, 3.63) is 0 Å². The van der Waals surface area contributed by atoms with Gasteiger partial charge >= 0.3 is 8.80 Å². The molecule has 0 fully saturated rings. The first-order chi connectivity index (χ1) is 5.68. The fourth-order valence-corrected chi connectivity index (χ4v) is 2.92. The van der Waals surface area contributed by atoms with E-state index in [0.717, 1.165) is 0 Å². The van der Waals surface area contributed by atoms with Gasteiger partial charge in [0.1, 0.15) is 0 Å². The van der Waals surface area contributed by atoms with Crippen LogP contribution in [0, 0.1) is 0 Å². The second-order valence-electron chi connectivity index (χ2n) is 2.30. The van der Waals surface area contributed by atoms with Gasteiger partial charge in [-0.1, -0.05) is 0 Å². The normalized spacial score (nSPS) is 12.0. The quantitative estimate of drug-likeness (QED) is 0.511. The Kier molecular flexibility index (Phi) is 7.17. The van der Waals surface area contributed by atoms with Crippen LogP contribution in [0.1, 0.15) is 13.8 Å². The molecule has 0 rings (SSSR count). The van der Waals surface area contributed by atoms with E-state index in [-0.39, 0.29) is 0 Å². The lowest BCUT2D eigenvalue weighted by Gasteiger charge is -2.24. The minimum Gasteiger partial charge on any atom is -0.374 e. The Morgan fingerprint density at radius 2 is 1.58 bits per heavy atom. The van der Waals surface area contributed by atoms with Crippen molar-refractivity contribution in [2.24, 2.45) is 0 Å². The number of hydrogen-bond donors (Lipinski definition) is 1. The molecule has 3 nitrogen and oxygen atoms in total. The smallest absolute Gasteiger partial charge is 0.374 e. The zero-order valence-corrected chi connectivity index (χ0v) is 9.89. The molecule has 0 saturated heterocycles. The van der Waals surface area contributed by atoms with Gasteiger partial charge in [0.05, 0.1) is 0 Å². The van der Waals surface area contributed by atoms with Crippen molar-refractivity contribution in [2.45, 2.75) is 20.4 Å². The monoisotopic (exact) mass is 210 g/mol. The van der Waals surface area contributed by atoms with Gasteiger partial charge in [0.25, 0.3) is 0 Å². The van der Waals surface area contributed by atoms with Gasteiger partial charge in [-0.2, -0.15) is 12.6 Å². The van der Waals surface area contributed by atoms with Crippen molar-refractivity contribution in [3.63, 3.8) is 0 Å². The highest BCUT2D eigenvalue weighted by atomic mass is 32.1. The summed E-state index contributed by atoms with van der Waals surface area (Å²) in [6.07, 6.45) is 0. The molecular weight excluding hydrogens is 192 g/mol. The summed E-state index contributed by atoms with van der Waals surface area (Å²) < 4.78 is 16.3. The van der Waals surface area contributed by atoms with Crippen LogP contribution < -0.4 is 0 Å². The molecule has 0 saturated carbocycles. The lowest BCUT2D eigenvalue weighted by atomic mass is 10.9. The summed E-state index contributed by atoms with van der Waals surface area (Å²) in [5.41, 5.74) is 0. The lowest BCUT2D eigenvalue weighted by molar-refractivity contribution is 0.0792. The fraction of sp³-hybridized carbons (Fsp3) is 1.00. The maximum Gasteiger partial charge on any atom is 0.497 e. The standard InChI is InChI=1S/C7H18O3SSi/c1-4-8-12(3,9-5-2)10-6-7-11/h11H,4-7H2,1-3H3. The van der Waals surface area contributed by atoms with Crippen LogP contribution in [0.25, 0.3) is 0 Å². The van der Waals surface area contributed by atoms with Crippen LogP contribution >= 0.6 is 12.6 Å². The summed E-state index contributed by atoms with van der Waals surface area (Å²) in [6.45, 7) is 7.64. The summed E-state index contributed by atoms with van der Waals surface area (Å²) in [7, 11) is -2.32. The van der Waals surface area contributed by atoms with Crippen molar-refractivity contribution < 1.29 is 13.3 Å². The molecule has 0 aromatic heterocycles. The summed E-state index contributed by atoms with van der Waals surface area (Å²) in [4.78, 5) is 0. The van der Waals surface area contributed by atoms with Crippen molar-refractivity contribution in [1.82, 2.24) is 0 Å². The van der Waals surface area contributed by atoms with Crippen molar-refractivity contribution >= 4 is 21.4 Å². The maximum absolute atomic E-state index is 5.48. The van der Waals surface area contributed by atoms with Gasteiger partial charge in [-0.05, 0) is 13.8 Å². The Bertz CT molecular complexity index is 107. The second kappa shape index (κ2) is 6.91. The average Bonchev–Trinajstić information content (AvgIpc) is 2.02. The van der Waals surface area contributed by atoms with Gasteiger partial charge in [0, 0.05) is 32.1 Å². The maximum atomic E-state index is 5.48. The molecule has 0 aliphatic rings. The van der Waals surface area contributed by atoms with Crippen LogP contribution in [-0.4, -0.2) is 34.4 Å². The third-order valence-corrected chi connectivity index (χ3v) is 3.81. The van der Waals surface area contributed by atoms with E-state index in [1.165, 1.54) is 0 Å².